The van der Waals surface area contributed by atoms with Gasteiger partial charge in [0, 0.05) is 19.3 Å². The highest BCUT2D eigenvalue weighted by Gasteiger charge is 2.19. The molecule has 0 saturated heterocycles. The van der Waals surface area contributed by atoms with Crippen LogP contribution in [0.2, 0.25) is 0 Å². The highest BCUT2D eigenvalue weighted by atomic mass is 16.6. The van der Waals surface area contributed by atoms with E-state index in [9.17, 15) is 14.4 Å². The highest BCUT2D eigenvalue weighted by molar-refractivity contribution is 5.71. The van der Waals surface area contributed by atoms with Crippen LogP contribution in [0.1, 0.15) is 361 Å². The molecule has 0 spiro atoms. The third kappa shape index (κ3) is 57.1. The molecule has 0 radical (unpaired) electrons. The van der Waals surface area contributed by atoms with E-state index < -0.39 is 6.10 Å². The van der Waals surface area contributed by atoms with Crippen LogP contribution < -0.4 is 0 Å². The summed E-state index contributed by atoms with van der Waals surface area (Å²) in [5.74, 6) is -0.853. The molecule has 0 aliphatic carbocycles. The van der Waals surface area contributed by atoms with E-state index in [0.29, 0.717) is 19.3 Å². The second-order valence-corrected chi connectivity index (χ2v) is 21.7. The molecular weight excluding hydrogens is 865 g/mol. The first-order valence-corrected chi connectivity index (χ1v) is 31.7. The lowest BCUT2D eigenvalue weighted by Crippen LogP contribution is -2.30. The fraction of sp³-hybridized carbons (Fsp3) is 0.922. The monoisotopic (exact) mass is 987 g/mol. The molecular formula is C64H122O6. The van der Waals surface area contributed by atoms with Gasteiger partial charge in [0.25, 0.3) is 0 Å². The first kappa shape index (κ1) is 68.2. The minimum absolute atomic E-state index is 0.0667. The summed E-state index contributed by atoms with van der Waals surface area (Å²) < 4.78 is 16.9. The van der Waals surface area contributed by atoms with Crippen molar-refractivity contribution in [2.24, 2.45) is 0 Å². The van der Waals surface area contributed by atoms with Crippen molar-refractivity contribution < 1.29 is 28.6 Å². The minimum atomic E-state index is -0.767. The van der Waals surface area contributed by atoms with Gasteiger partial charge in [-0.1, -0.05) is 315 Å². The van der Waals surface area contributed by atoms with E-state index in [-0.39, 0.29) is 31.1 Å². The molecule has 0 aliphatic heterocycles. The van der Waals surface area contributed by atoms with Crippen molar-refractivity contribution in [3.05, 3.63) is 12.2 Å². The van der Waals surface area contributed by atoms with Crippen LogP contribution in [0.15, 0.2) is 12.2 Å². The Labute approximate surface area is 437 Å². The Morgan fingerprint density at radius 3 is 0.757 bits per heavy atom. The van der Waals surface area contributed by atoms with Gasteiger partial charge in [0.05, 0.1) is 0 Å². The number of carbonyl (C=O) groups excluding carboxylic acids is 3. The van der Waals surface area contributed by atoms with E-state index in [1.165, 1.54) is 257 Å². The minimum Gasteiger partial charge on any atom is -0.462 e. The number of hydrogen-bond donors (Lipinski definition) is 0. The van der Waals surface area contributed by atoms with Crippen LogP contribution in [0.3, 0.4) is 0 Å². The Morgan fingerprint density at radius 1 is 0.271 bits per heavy atom. The van der Waals surface area contributed by atoms with Crippen molar-refractivity contribution in [3.63, 3.8) is 0 Å². The van der Waals surface area contributed by atoms with Crippen molar-refractivity contribution in [2.45, 2.75) is 367 Å². The van der Waals surface area contributed by atoms with Crippen molar-refractivity contribution in [3.8, 4) is 0 Å². The van der Waals surface area contributed by atoms with Crippen LogP contribution in [0.5, 0.6) is 0 Å². The van der Waals surface area contributed by atoms with Gasteiger partial charge in [0.1, 0.15) is 13.2 Å². The predicted molar refractivity (Wildman–Crippen MR) is 303 cm³/mol. The summed E-state index contributed by atoms with van der Waals surface area (Å²) >= 11 is 0. The molecule has 0 saturated carbocycles. The number of ether oxygens (including phenoxy) is 3. The maximum absolute atomic E-state index is 12.8. The van der Waals surface area contributed by atoms with Crippen LogP contribution >= 0.6 is 0 Å². The normalized spacial score (nSPS) is 12.0. The summed E-state index contributed by atoms with van der Waals surface area (Å²) in [5.41, 5.74) is 0. The zero-order valence-electron chi connectivity index (χ0n) is 47.6. The van der Waals surface area contributed by atoms with Gasteiger partial charge in [-0.15, -0.1) is 0 Å². The van der Waals surface area contributed by atoms with Gasteiger partial charge >= 0.3 is 17.9 Å². The zero-order chi connectivity index (χ0) is 50.7. The molecule has 0 rings (SSSR count). The van der Waals surface area contributed by atoms with E-state index in [1.54, 1.807) is 0 Å². The second kappa shape index (κ2) is 59.7. The number of rotatable bonds is 59. The molecule has 0 amide bonds. The van der Waals surface area contributed by atoms with E-state index >= 15 is 0 Å². The predicted octanol–water partition coefficient (Wildman–Crippen LogP) is 21.3. The summed E-state index contributed by atoms with van der Waals surface area (Å²) in [4.78, 5) is 38.1. The highest BCUT2D eigenvalue weighted by Crippen LogP contribution is 2.18. The van der Waals surface area contributed by atoms with E-state index in [4.69, 9.17) is 14.2 Å². The first-order chi connectivity index (χ1) is 34.5. The lowest BCUT2D eigenvalue weighted by molar-refractivity contribution is -0.167. The maximum atomic E-state index is 12.8. The molecule has 6 nitrogen and oxygen atoms in total. The molecule has 6 heteroatoms. The number of carbonyl (C=O) groups is 3. The van der Waals surface area contributed by atoms with Crippen molar-refractivity contribution >= 4 is 17.9 Å². The number of hydrogen-bond acceptors (Lipinski definition) is 6. The Bertz CT molecular complexity index is 1090. The van der Waals surface area contributed by atoms with Crippen LogP contribution in [0, 0.1) is 0 Å². The average Bonchev–Trinajstić information content (AvgIpc) is 3.36. The lowest BCUT2D eigenvalue weighted by atomic mass is 10.0. The molecule has 0 aliphatic rings. The van der Waals surface area contributed by atoms with Gasteiger partial charge in [0.15, 0.2) is 6.10 Å². The average molecular weight is 988 g/mol. The summed E-state index contributed by atoms with van der Waals surface area (Å²) in [7, 11) is 0. The van der Waals surface area contributed by atoms with Crippen LogP contribution in [0.25, 0.3) is 0 Å². The van der Waals surface area contributed by atoms with Crippen LogP contribution in [0.4, 0.5) is 0 Å². The summed E-state index contributed by atoms with van der Waals surface area (Å²) in [6, 6.07) is 0. The zero-order valence-corrected chi connectivity index (χ0v) is 47.6. The molecule has 1 unspecified atom stereocenters. The maximum Gasteiger partial charge on any atom is 0.306 e. The van der Waals surface area contributed by atoms with Crippen LogP contribution in [-0.4, -0.2) is 37.2 Å². The van der Waals surface area contributed by atoms with Gasteiger partial charge in [-0.05, 0) is 38.5 Å². The fourth-order valence-electron chi connectivity index (χ4n) is 9.72. The summed E-state index contributed by atoms with van der Waals surface area (Å²) in [6.07, 6.45) is 69.6. The standard InChI is InChI=1S/C64H122O6/c1-4-7-10-13-16-19-22-24-25-26-27-28-29-30-31-32-33-34-35-36-37-38-39-40-43-45-48-51-54-57-63(66)69-60-61(59-68-62(65)56-53-50-47-44-41-21-18-15-12-9-6-3)70-64(67)58-55-52-49-46-42-23-20-17-14-11-8-5-2/h15,18,61H,4-14,16-17,19-60H2,1-3H3/b18-15-. The Kier molecular flexibility index (Phi) is 58.1. The van der Waals surface area contributed by atoms with E-state index in [2.05, 4.69) is 32.9 Å². The Morgan fingerprint density at radius 2 is 0.486 bits per heavy atom. The molecule has 414 valence electrons. The van der Waals surface area contributed by atoms with E-state index in [0.717, 1.165) is 64.2 Å². The van der Waals surface area contributed by atoms with Crippen molar-refractivity contribution in [1.29, 1.82) is 0 Å². The SMILES string of the molecule is CCCC/C=C\CCCCCCCC(=O)OCC(COC(=O)CCCCCCCCCCCCCCCCCCCCCCCCCCCCCCC)OC(=O)CCCCCCCCCCCCCC. The second-order valence-electron chi connectivity index (χ2n) is 21.7. The lowest BCUT2D eigenvalue weighted by Gasteiger charge is -2.18. The third-order valence-corrected chi connectivity index (χ3v) is 14.5. The quantitative estimate of drug-likeness (QED) is 0.0261. The number of unbranched alkanes of at least 4 members (excludes halogenated alkanes) is 46. The number of esters is 3. The van der Waals surface area contributed by atoms with Gasteiger partial charge in [-0.2, -0.15) is 0 Å². The third-order valence-electron chi connectivity index (χ3n) is 14.5. The molecule has 1 atom stereocenters. The van der Waals surface area contributed by atoms with Crippen LogP contribution in [-0.2, 0) is 28.6 Å². The largest absolute Gasteiger partial charge is 0.462 e. The smallest absolute Gasteiger partial charge is 0.306 e. The molecule has 70 heavy (non-hydrogen) atoms. The van der Waals surface area contributed by atoms with E-state index in [1.807, 2.05) is 0 Å². The van der Waals surface area contributed by atoms with Gasteiger partial charge in [-0.25, -0.2) is 0 Å². The van der Waals surface area contributed by atoms with Gasteiger partial charge in [-0.3, -0.25) is 14.4 Å². The molecule has 0 aromatic rings. The Hall–Kier alpha value is -1.85. The van der Waals surface area contributed by atoms with Gasteiger partial charge in [0.2, 0.25) is 0 Å². The fourth-order valence-corrected chi connectivity index (χ4v) is 9.72. The summed E-state index contributed by atoms with van der Waals surface area (Å²) in [5, 5.41) is 0. The Balaban J connectivity index is 4.04. The van der Waals surface area contributed by atoms with Crippen molar-refractivity contribution in [2.75, 3.05) is 13.2 Å². The van der Waals surface area contributed by atoms with Gasteiger partial charge < -0.3 is 14.2 Å². The molecule has 0 fully saturated rings. The molecule has 0 bridgehead atoms. The van der Waals surface area contributed by atoms with Crippen molar-refractivity contribution in [1.82, 2.24) is 0 Å². The summed E-state index contributed by atoms with van der Waals surface area (Å²) in [6.45, 7) is 6.65. The molecule has 0 aromatic heterocycles. The topological polar surface area (TPSA) is 78.9 Å². The first-order valence-electron chi connectivity index (χ1n) is 31.7. The molecule has 0 heterocycles. The molecule has 0 N–H and O–H groups in total. The molecule has 0 aromatic carbocycles. The number of allylic oxidation sites excluding steroid dienone is 2.